The molecule has 0 aromatic heterocycles. The SMILES string of the molecule is COCCOCC(=O)NC1CCCC(C)C1. The standard InChI is InChI=1S/C12H23NO3/c1-10-4-3-5-11(8-10)13-12(14)9-16-7-6-15-2/h10-11H,3-9H2,1-2H3,(H,13,14). The number of methoxy groups -OCH3 is 1. The molecule has 1 rings (SSSR count). The second-order valence-electron chi connectivity index (χ2n) is 4.58. The smallest absolute Gasteiger partial charge is 0.246 e. The average Bonchev–Trinajstić information content (AvgIpc) is 2.24. The van der Waals surface area contributed by atoms with Crippen molar-refractivity contribution in [3.63, 3.8) is 0 Å². The molecule has 1 aliphatic carbocycles. The lowest BCUT2D eigenvalue weighted by Gasteiger charge is -2.27. The van der Waals surface area contributed by atoms with E-state index < -0.39 is 0 Å². The van der Waals surface area contributed by atoms with E-state index in [-0.39, 0.29) is 12.5 Å². The number of rotatable bonds is 6. The fourth-order valence-corrected chi connectivity index (χ4v) is 2.14. The first kappa shape index (κ1) is 13.5. The number of carbonyl (C=O) groups is 1. The first-order chi connectivity index (χ1) is 7.72. The summed E-state index contributed by atoms with van der Waals surface area (Å²) in [6, 6.07) is 0.349. The Morgan fingerprint density at radius 3 is 2.88 bits per heavy atom. The van der Waals surface area contributed by atoms with Gasteiger partial charge in [0.1, 0.15) is 6.61 Å². The molecule has 0 radical (unpaired) electrons. The molecule has 4 heteroatoms. The maximum atomic E-state index is 11.5. The molecule has 2 unspecified atom stereocenters. The van der Waals surface area contributed by atoms with Crippen LogP contribution in [0.5, 0.6) is 0 Å². The van der Waals surface area contributed by atoms with E-state index in [9.17, 15) is 4.79 Å². The Kier molecular flexibility index (Phi) is 6.42. The molecule has 0 aromatic rings. The van der Waals surface area contributed by atoms with E-state index in [1.54, 1.807) is 7.11 Å². The average molecular weight is 229 g/mol. The summed E-state index contributed by atoms with van der Waals surface area (Å²) in [5, 5.41) is 3.02. The van der Waals surface area contributed by atoms with Gasteiger partial charge in [0.25, 0.3) is 0 Å². The minimum atomic E-state index is -0.00444. The molecule has 1 saturated carbocycles. The van der Waals surface area contributed by atoms with Crippen molar-refractivity contribution in [2.75, 3.05) is 26.9 Å². The van der Waals surface area contributed by atoms with Crippen molar-refractivity contribution in [2.45, 2.75) is 38.6 Å². The molecule has 1 amide bonds. The van der Waals surface area contributed by atoms with Gasteiger partial charge in [0.05, 0.1) is 13.2 Å². The molecule has 1 N–H and O–H groups in total. The largest absolute Gasteiger partial charge is 0.382 e. The Morgan fingerprint density at radius 2 is 2.19 bits per heavy atom. The third-order valence-electron chi connectivity index (χ3n) is 2.97. The Labute approximate surface area is 97.7 Å². The number of hydrogen-bond donors (Lipinski definition) is 1. The molecule has 1 fully saturated rings. The lowest BCUT2D eigenvalue weighted by atomic mass is 9.87. The summed E-state index contributed by atoms with van der Waals surface area (Å²) >= 11 is 0. The number of amides is 1. The first-order valence-electron chi connectivity index (χ1n) is 6.08. The van der Waals surface area contributed by atoms with Crippen molar-refractivity contribution < 1.29 is 14.3 Å². The van der Waals surface area contributed by atoms with Gasteiger partial charge in [0.2, 0.25) is 5.91 Å². The van der Waals surface area contributed by atoms with E-state index >= 15 is 0 Å². The van der Waals surface area contributed by atoms with E-state index in [1.165, 1.54) is 12.8 Å². The third-order valence-corrected chi connectivity index (χ3v) is 2.97. The van der Waals surface area contributed by atoms with Crippen LogP contribution in [0.4, 0.5) is 0 Å². The van der Waals surface area contributed by atoms with E-state index in [2.05, 4.69) is 12.2 Å². The van der Waals surface area contributed by atoms with Crippen LogP contribution in [0.3, 0.4) is 0 Å². The molecule has 16 heavy (non-hydrogen) atoms. The highest BCUT2D eigenvalue weighted by atomic mass is 16.5. The van der Waals surface area contributed by atoms with Crippen molar-refractivity contribution in [1.82, 2.24) is 5.32 Å². The Balaban J connectivity index is 2.08. The van der Waals surface area contributed by atoms with Crippen molar-refractivity contribution in [1.29, 1.82) is 0 Å². The lowest BCUT2D eigenvalue weighted by molar-refractivity contribution is -0.127. The molecule has 0 heterocycles. The molecule has 94 valence electrons. The van der Waals surface area contributed by atoms with Crippen LogP contribution in [0.1, 0.15) is 32.6 Å². The lowest BCUT2D eigenvalue weighted by Crippen LogP contribution is -2.40. The Hall–Kier alpha value is -0.610. The van der Waals surface area contributed by atoms with Crippen molar-refractivity contribution >= 4 is 5.91 Å². The zero-order chi connectivity index (χ0) is 11.8. The van der Waals surface area contributed by atoms with Gasteiger partial charge in [-0.05, 0) is 18.8 Å². The summed E-state index contributed by atoms with van der Waals surface area (Å²) in [6.07, 6.45) is 4.71. The summed E-state index contributed by atoms with van der Waals surface area (Å²) < 4.78 is 10.00. The number of hydrogen-bond acceptors (Lipinski definition) is 3. The van der Waals surface area contributed by atoms with E-state index in [0.29, 0.717) is 19.3 Å². The molecule has 0 bridgehead atoms. The summed E-state index contributed by atoms with van der Waals surface area (Å²) in [4.78, 5) is 11.5. The van der Waals surface area contributed by atoms with Gasteiger partial charge < -0.3 is 14.8 Å². The topological polar surface area (TPSA) is 47.6 Å². The minimum Gasteiger partial charge on any atom is -0.382 e. The van der Waals surface area contributed by atoms with E-state index in [1.807, 2.05) is 0 Å². The number of nitrogens with one attached hydrogen (secondary N) is 1. The zero-order valence-corrected chi connectivity index (χ0v) is 10.3. The molecule has 2 atom stereocenters. The summed E-state index contributed by atoms with van der Waals surface area (Å²) in [6.45, 7) is 3.40. The second-order valence-corrected chi connectivity index (χ2v) is 4.58. The quantitative estimate of drug-likeness (QED) is 0.699. The monoisotopic (exact) mass is 229 g/mol. The van der Waals surface area contributed by atoms with Crippen LogP contribution in [0.25, 0.3) is 0 Å². The van der Waals surface area contributed by atoms with Crippen LogP contribution in [0, 0.1) is 5.92 Å². The molecular formula is C12H23NO3. The maximum Gasteiger partial charge on any atom is 0.246 e. The molecule has 4 nitrogen and oxygen atoms in total. The van der Waals surface area contributed by atoms with Crippen molar-refractivity contribution in [2.24, 2.45) is 5.92 Å². The zero-order valence-electron chi connectivity index (χ0n) is 10.3. The highest BCUT2D eigenvalue weighted by molar-refractivity contribution is 5.77. The van der Waals surface area contributed by atoms with Gasteiger partial charge >= 0.3 is 0 Å². The summed E-state index contributed by atoms with van der Waals surface area (Å²) in [5.41, 5.74) is 0. The molecule has 0 saturated heterocycles. The minimum absolute atomic E-state index is 0.00444. The van der Waals surface area contributed by atoms with Gasteiger partial charge in [-0.25, -0.2) is 0 Å². The van der Waals surface area contributed by atoms with E-state index in [0.717, 1.165) is 18.8 Å². The predicted octanol–water partition coefficient (Wildman–Crippen LogP) is 1.34. The van der Waals surface area contributed by atoms with Gasteiger partial charge in [-0.1, -0.05) is 19.8 Å². The van der Waals surface area contributed by atoms with Crippen LogP contribution in [0.15, 0.2) is 0 Å². The number of carbonyl (C=O) groups excluding carboxylic acids is 1. The molecule has 0 spiro atoms. The van der Waals surface area contributed by atoms with Gasteiger partial charge in [0, 0.05) is 13.2 Å². The molecular weight excluding hydrogens is 206 g/mol. The normalized spacial score (nSPS) is 25.4. The van der Waals surface area contributed by atoms with Crippen LogP contribution in [0.2, 0.25) is 0 Å². The Bertz CT molecular complexity index is 208. The van der Waals surface area contributed by atoms with Crippen LogP contribution >= 0.6 is 0 Å². The van der Waals surface area contributed by atoms with Gasteiger partial charge in [0.15, 0.2) is 0 Å². The van der Waals surface area contributed by atoms with Crippen molar-refractivity contribution in [3.8, 4) is 0 Å². The van der Waals surface area contributed by atoms with Crippen LogP contribution in [-0.2, 0) is 14.3 Å². The van der Waals surface area contributed by atoms with Crippen LogP contribution < -0.4 is 5.32 Å². The van der Waals surface area contributed by atoms with E-state index in [4.69, 9.17) is 9.47 Å². The summed E-state index contributed by atoms with van der Waals surface area (Å²) in [7, 11) is 1.62. The predicted molar refractivity (Wildman–Crippen MR) is 62.3 cm³/mol. The highest BCUT2D eigenvalue weighted by Gasteiger charge is 2.20. The first-order valence-corrected chi connectivity index (χ1v) is 6.08. The van der Waals surface area contributed by atoms with Gasteiger partial charge in [-0.2, -0.15) is 0 Å². The molecule has 0 aromatic carbocycles. The van der Waals surface area contributed by atoms with Crippen molar-refractivity contribution in [3.05, 3.63) is 0 Å². The fourth-order valence-electron chi connectivity index (χ4n) is 2.14. The second kappa shape index (κ2) is 7.63. The molecule has 1 aliphatic rings. The fraction of sp³-hybridized carbons (Fsp3) is 0.917. The molecule has 0 aliphatic heterocycles. The van der Waals surface area contributed by atoms with Crippen LogP contribution in [-0.4, -0.2) is 38.9 Å². The number of ether oxygens (including phenoxy) is 2. The maximum absolute atomic E-state index is 11.5. The summed E-state index contributed by atoms with van der Waals surface area (Å²) in [5.74, 6) is 0.726. The van der Waals surface area contributed by atoms with Gasteiger partial charge in [-0.3, -0.25) is 4.79 Å². The highest BCUT2D eigenvalue weighted by Crippen LogP contribution is 2.23. The Morgan fingerprint density at radius 1 is 1.38 bits per heavy atom. The third kappa shape index (κ3) is 5.47. The van der Waals surface area contributed by atoms with Gasteiger partial charge in [-0.15, -0.1) is 0 Å².